The molecule has 0 saturated heterocycles. The predicted molar refractivity (Wildman–Crippen MR) is 135 cm³/mol. The van der Waals surface area contributed by atoms with Crippen molar-refractivity contribution in [3.63, 3.8) is 0 Å². The standard InChI is InChI=1S/C23H19FN6O.CH4O3S/c1-13(2)31-22-20-21(27-12-26-20)29-23(30-22)28-16-6-7-19-18(11-16)17(8-9-25-19)14-4-3-5-15(24)10-14;1-5(2,3)4/h3-13H,1-2H3,(H2,26,27,28,29,30);1H3,(H,2,3,4). The minimum Gasteiger partial charge on any atom is -0.473 e. The Balaban J connectivity index is 0.000000556. The summed E-state index contributed by atoms with van der Waals surface area (Å²) in [5.74, 6) is 0.505. The van der Waals surface area contributed by atoms with Crippen LogP contribution in [0.4, 0.5) is 16.0 Å². The zero-order valence-corrected chi connectivity index (χ0v) is 20.4. The summed E-state index contributed by atoms with van der Waals surface area (Å²) < 4.78 is 45.5. The van der Waals surface area contributed by atoms with Crippen molar-refractivity contribution in [3.05, 3.63) is 66.9 Å². The highest BCUT2D eigenvalue weighted by Gasteiger charge is 2.14. The second kappa shape index (κ2) is 10.2. The molecular weight excluding hydrogens is 487 g/mol. The molecule has 0 fully saturated rings. The molecule has 3 N–H and O–H groups in total. The van der Waals surface area contributed by atoms with E-state index in [-0.39, 0.29) is 11.9 Å². The number of nitrogens with zero attached hydrogens (tertiary/aromatic N) is 4. The van der Waals surface area contributed by atoms with Crippen LogP contribution in [0.5, 0.6) is 5.88 Å². The molecule has 0 atom stereocenters. The first kappa shape index (κ1) is 24.9. The maximum atomic E-state index is 13.8. The first-order chi connectivity index (χ1) is 17.1. The summed E-state index contributed by atoms with van der Waals surface area (Å²) in [6.45, 7) is 3.86. The lowest BCUT2D eigenvalue weighted by Gasteiger charge is -2.12. The molecule has 3 heterocycles. The van der Waals surface area contributed by atoms with E-state index in [4.69, 9.17) is 9.29 Å². The lowest BCUT2D eigenvalue weighted by molar-refractivity contribution is 0.235. The molecular formula is C24H23FN6O4S. The highest BCUT2D eigenvalue weighted by atomic mass is 32.2. The fourth-order valence-corrected chi connectivity index (χ4v) is 3.43. The monoisotopic (exact) mass is 510 g/mol. The number of benzene rings is 2. The molecule has 5 rings (SSSR count). The average Bonchev–Trinajstić information content (AvgIpc) is 3.26. The van der Waals surface area contributed by atoms with Crippen molar-refractivity contribution >= 4 is 43.8 Å². The Bertz CT molecular complexity index is 1630. The Labute approximate surface area is 206 Å². The van der Waals surface area contributed by atoms with Crippen molar-refractivity contribution in [3.8, 4) is 17.0 Å². The van der Waals surface area contributed by atoms with Gasteiger partial charge in [-0.1, -0.05) is 12.1 Å². The van der Waals surface area contributed by atoms with E-state index in [1.165, 1.54) is 12.1 Å². The molecule has 186 valence electrons. The zero-order valence-electron chi connectivity index (χ0n) is 19.6. The highest BCUT2D eigenvalue weighted by molar-refractivity contribution is 7.85. The van der Waals surface area contributed by atoms with Gasteiger partial charge < -0.3 is 15.0 Å². The number of pyridine rings is 1. The summed E-state index contributed by atoms with van der Waals surface area (Å²) in [6, 6.07) is 14.1. The van der Waals surface area contributed by atoms with Gasteiger partial charge in [0.25, 0.3) is 10.1 Å². The Morgan fingerprint density at radius 1 is 1.08 bits per heavy atom. The number of hydrogen-bond donors (Lipinski definition) is 3. The van der Waals surface area contributed by atoms with Gasteiger partial charge >= 0.3 is 0 Å². The predicted octanol–water partition coefficient (Wildman–Crippen LogP) is 4.74. The van der Waals surface area contributed by atoms with E-state index in [0.717, 1.165) is 27.7 Å². The Morgan fingerprint density at radius 2 is 1.86 bits per heavy atom. The number of fused-ring (bicyclic) bond motifs is 2. The Kier molecular flexibility index (Phi) is 7.08. The number of H-pyrrole nitrogens is 1. The molecule has 10 nitrogen and oxygen atoms in total. The third-order valence-corrected chi connectivity index (χ3v) is 4.73. The maximum Gasteiger partial charge on any atom is 0.261 e. The van der Waals surface area contributed by atoms with Crippen LogP contribution in [-0.2, 0) is 10.1 Å². The number of ether oxygens (including phenoxy) is 1. The van der Waals surface area contributed by atoms with Gasteiger partial charge in [0, 0.05) is 17.3 Å². The van der Waals surface area contributed by atoms with Crippen molar-refractivity contribution in [2.45, 2.75) is 20.0 Å². The number of aromatic amines is 1. The van der Waals surface area contributed by atoms with Crippen LogP contribution in [0.25, 0.3) is 33.2 Å². The fraction of sp³-hybridized carbons (Fsp3) is 0.167. The lowest BCUT2D eigenvalue weighted by atomic mass is 10.0. The van der Waals surface area contributed by atoms with Crippen molar-refractivity contribution in [2.75, 3.05) is 11.6 Å². The number of hydrogen-bond acceptors (Lipinski definition) is 8. The molecule has 0 saturated carbocycles. The number of aromatic nitrogens is 5. The van der Waals surface area contributed by atoms with E-state index in [1.807, 2.05) is 44.2 Å². The number of halogens is 1. The molecule has 3 aromatic heterocycles. The van der Waals surface area contributed by atoms with Crippen LogP contribution in [-0.4, -0.2) is 50.3 Å². The van der Waals surface area contributed by atoms with Gasteiger partial charge in [0.2, 0.25) is 11.8 Å². The normalized spacial score (nSPS) is 11.4. The van der Waals surface area contributed by atoms with Crippen molar-refractivity contribution in [1.82, 2.24) is 24.9 Å². The molecule has 12 heteroatoms. The highest BCUT2D eigenvalue weighted by Crippen LogP contribution is 2.31. The van der Waals surface area contributed by atoms with Crippen LogP contribution >= 0.6 is 0 Å². The van der Waals surface area contributed by atoms with Gasteiger partial charge in [-0.25, -0.2) is 9.37 Å². The average molecular weight is 511 g/mol. The smallest absolute Gasteiger partial charge is 0.261 e. The van der Waals surface area contributed by atoms with Gasteiger partial charge in [0.1, 0.15) is 5.82 Å². The topological polar surface area (TPSA) is 143 Å². The van der Waals surface area contributed by atoms with Gasteiger partial charge in [-0.15, -0.1) is 0 Å². The fourth-order valence-electron chi connectivity index (χ4n) is 3.43. The van der Waals surface area contributed by atoms with Gasteiger partial charge in [-0.3, -0.25) is 9.54 Å². The molecule has 0 bridgehead atoms. The Morgan fingerprint density at radius 3 is 2.58 bits per heavy atom. The third kappa shape index (κ3) is 6.29. The first-order valence-corrected chi connectivity index (χ1v) is 12.6. The molecule has 0 amide bonds. The summed E-state index contributed by atoms with van der Waals surface area (Å²) in [4.78, 5) is 20.6. The van der Waals surface area contributed by atoms with E-state index < -0.39 is 10.1 Å². The molecule has 0 aliphatic rings. The number of anilines is 2. The van der Waals surface area contributed by atoms with E-state index in [9.17, 15) is 12.8 Å². The van der Waals surface area contributed by atoms with Crippen LogP contribution in [0.3, 0.4) is 0 Å². The summed E-state index contributed by atoms with van der Waals surface area (Å²) in [5, 5.41) is 4.12. The SMILES string of the molecule is CC(C)Oc1nc(Nc2ccc3nccc(-c4cccc(F)c4)c3c2)nc2[nH]cnc12.CS(=O)(=O)O. The van der Waals surface area contributed by atoms with E-state index in [0.29, 0.717) is 29.2 Å². The number of rotatable bonds is 5. The molecule has 0 aliphatic heterocycles. The van der Waals surface area contributed by atoms with Crippen LogP contribution in [0.15, 0.2) is 61.1 Å². The Hall–Kier alpha value is -4.16. The van der Waals surface area contributed by atoms with Crippen molar-refractivity contribution in [1.29, 1.82) is 0 Å². The second-order valence-electron chi connectivity index (χ2n) is 8.08. The lowest BCUT2D eigenvalue weighted by Crippen LogP contribution is -2.09. The maximum absolute atomic E-state index is 13.8. The van der Waals surface area contributed by atoms with Crippen molar-refractivity contribution < 1.29 is 22.1 Å². The molecule has 0 radical (unpaired) electrons. The van der Waals surface area contributed by atoms with Gasteiger partial charge in [0.15, 0.2) is 11.2 Å². The minimum absolute atomic E-state index is 0.0526. The summed E-state index contributed by atoms with van der Waals surface area (Å²) >= 11 is 0. The number of nitrogens with one attached hydrogen (secondary N) is 2. The van der Waals surface area contributed by atoms with Crippen molar-refractivity contribution in [2.24, 2.45) is 0 Å². The van der Waals surface area contributed by atoms with Gasteiger partial charge in [0.05, 0.1) is 24.2 Å². The quantitative estimate of drug-likeness (QED) is 0.286. The van der Waals surface area contributed by atoms with Gasteiger partial charge in [-0.05, 0) is 61.4 Å². The summed E-state index contributed by atoms with van der Waals surface area (Å²) in [7, 11) is -3.67. The largest absolute Gasteiger partial charge is 0.473 e. The second-order valence-corrected chi connectivity index (χ2v) is 9.54. The van der Waals surface area contributed by atoms with E-state index >= 15 is 0 Å². The summed E-state index contributed by atoms with van der Waals surface area (Å²) in [5.41, 5.74) is 4.41. The summed E-state index contributed by atoms with van der Waals surface area (Å²) in [6.07, 6.45) is 3.94. The van der Waals surface area contributed by atoms with Gasteiger partial charge in [-0.2, -0.15) is 18.4 Å². The first-order valence-electron chi connectivity index (χ1n) is 10.8. The minimum atomic E-state index is -3.67. The van der Waals surface area contributed by atoms with Crippen LogP contribution in [0, 0.1) is 5.82 Å². The van der Waals surface area contributed by atoms with E-state index in [1.54, 1.807) is 18.6 Å². The molecule has 36 heavy (non-hydrogen) atoms. The molecule has 0 aliphatic carbocycles. The molecule has 0 unspecified atom stereocenters. The van der Waals surface area contributed by atoms with Crippen LogP contribution in [0.1, 0.15) is 13.8 Å². The van der Waals surface area contributed by atoms with Crippen LogP contribution < -0.4 is 10.1 Å². The molecule has 0 spiro atoms. The molecule has 5 aromatic rings. The number of imidazole rings is 1. The van der Waals surface area contributed by atoms with E-state index in [2.05, 4.69) is 30.2 Å². The third-order valence-electron chi connectivity index (χ3n) is 4.73. The van der Waals surface area contributed by atoms with Crippen LogP contribution in [0.2, 0.25) is 0 Å². The molecule has 2 aromatic carbocycles. The zero-order chi connectivity index (χ0) is 25.9.